The number of ether oxygens (including phenoxy) is 1. The zero-order valence-corrected chi connectivity index (χ0v) is 11.7. The molecule has 2 rings (SSSR count). The molecule has 0 aromatic carbocycles. The summed E-state index contributed by atoms with van der Waals surface area (Å²) < 4.78 is 5.33. The zero-order chi connectivity index (χ0) is 12.8. The molecule has 3 nitrogen and oxygen atoms in total. The van der Waals surface area contributed by atoms with Crippen LogP contribution in [-0.2, 0) is 9.53 Å². The third-order valence-electron chi connectivity index (χ3n) is 3.40. The highest BCUT2D eigenvalue weighted by Crippen LogP contribution is 2.30. The molecular weight excluding hydrogens is 246 g/mol. The van der Waals surface area contributed by atoms with Crippen molar-refractivity contribution in [2.75, 3.05) is 24.7 Å². The number of nitrogens with one attached hydrogen (secondary N) is 1. The number of esters is 1. The van der Waals surface area contributed by atoms with Crippen LogP contribution in [0.25, 0.3) is 0 Å². The summed E-state index contributed by atoms with van der Waals surface area (Å²) in [6.45, 7) is 3.37. The van der Waals surface area contributed by atoms with Crippen LogP contribution in [0.1, 0.15) is 19.8 Å². The van der Waals surface area contributed by atoms with Crippen LogP contribution in [-0.4, -0.2) is 30.6 Å². The fourth-order valence-electron chi connectivity index (χ4n) is 2.41. The number of rotatable bonds is 5. The molecule has 1 aliphatic heterocycles. The summed E-state index contributed by atoms with van der Waals surface area (Å²) in [4.78, 5) is 11.9. The van der Waals surface area contributed by atoms with Crippen LogP contribution in [0.4, 0.5) is 0 Å². The first-order valence-electron chi connectivity index (χ1n) is 6.66. The lowest BCUT2D eigenvalue weighted by Crippen LogP contribution is -2.39. The fourth-order valence-corrected chi connectivity index (χ4v) is 2.90. The van der Waals surface area contributed by atoms with Crippen LogP contribution in [0.15, 0.2) is 23.9 Å². The molecule has 2 aliphatic rings. The maximum Gasteiger partial charge on any atom is 0.310 e. The predicted octanol–water partition coefficient (Wildman–Crippen LogP) is 2.35. The van der Waals surface area contributed by atoms with E-state index in [1.165, 1.54) is 5.70 Å². The Hall–Kier alpha value is -0.900. The first kappa shape index (κ1) is 13.5. The highest BCUT2D eigenvalue weighted by molar-refractivity contribution is 7.99. The van der Waals surface area contributed by atoms with E-state index in [-0.39, 0.29) is 11.9 Å². The van der Waals surface area contributed by atoms with Gasteiger partial charge in [0.2, 0.25) is 0 Å². The monoisotopic (exact) mass is 267 g/mol. The highest BCUT2D eigenvalue weighted by atomic mass is 32.2. The van der Waals surface area contributed by atoms with Crippen LogP contribution in [0.2, 0.25) is 0 Å². The number of carbonyl (C=O) groups is 1. The van der Waals surface area contributed by atoms with Gasteiger partial charge in [0.1, 0.15) is 6.61 Å². The molecule has 0 spiro atoms. The number of hydrogen-bond donors (Lipinski definition) is 1. The Morgan fingerprint density at radius 1 is 1.61 bits per heavy atom. The molecule has 0 saturated carbocycles. The van der Waals surface area contributed by atoms with Crippen molar-refractivity contribution in [3.8, 4) is 0 Å². The molecule has 1 heterocycles. The van der Waals surface area contributed by atoms with Crippen LogP contribution < -0.4 is 5.32 Å². The number of thioether (sulfide) groups is 1. The van der Waals surface area contributed by atoms with Gasteiger partial charge in [-0.25, -0.2) is 0 Å². The zero-order valence-electron chi connectivity index (χ0n) is 10.9. The number of allylic oxidation sites excluding steroid dienone is 4. The average molecular weight is 267 g/mol. The topological polar surface area (TPSA) is 38.3 Å². The van der Waals surface area contributed by atoms with Gasteiger partial charge in [-0.2, -0.15) is 11.8 Å². The van der Waals surface area contributed by atoms with Gasteiger partial charge in [-0.3, -0.25) is 4.79 Å². The van der Waals surface area contributed by atoms with Gasteiger partial charge in [-0.1, -0.05) is 19.1 Å². The Labute approximate surface area is 113 Å². The Bertz CT molecular complexity index is 352. The maximum absolute atomic E-state index is 11.9. The van der Waals surface area contributed by atoms with E-state index in [4.69, 9.17) is 4.74 Å². The first-order valence-corrected chi connectivity index (χ1v) is 7.81. The van der Waals surface area contributed by atoms with E-state index >= 15 is 0 Å². The van der Waals surface area contributed by atoms with E-state index in [0.29, 0.717) is 12.5 Å². The molecule has 0 bridgehead atoms. The van der Waals surface area contributed by atoms with Gasteiger partial charge < -0.3 is 10.1 Å². The second-order valence-corrected chi connectivity index (χ2v) is 6.05. The van der Waals surface area contributed by atoms with Crippen LogP contribution in [0, 0.1) is 11.8 Å². The third kappa shape index (κ3) is 3.55. The number of carbonyl (C=O) groups excluding carboxylic acids is 1. The molecule has 1 fully saturated rings. The highest BCUT2D eigenvalue weighted by Gasteiger charge is 2.30. The molecule has 0 aromatic rings. The normalized spacial score (nSPS) is 25.9. The Kier molecular flexibility index (Phi) is 5.17. The largest absolute Gasteiger partial charge is 0.465 e. The minimum atomic E-state index is -0.0344. The minimum absolute atomic E-state index is 0.0188. The second-order valence-electron chi connectivity index (χ2n) is 4.66. The van der Waals surface area contributed by atoms with Gasteiger partial charge in [-0.05, 0) is 24.7 Å². The lowest BCUT2D eigenvalue weighted by Gasteiger charge is -2.32. The van der Waals surface area contributed by atoms with Gasteiger partial charge in [-0.15, -0.1) is 0 Å². The number of piperidine rings is 1. The molecule has 1 saturated heterocycles. The molecule has 1 aliphatic carbocycles. The summed E-state index contributed by atoms with van der Waals surface area (Å²) in [6.07, 6.45) is 8.33. The summed E-state index contributed by atoms with van der Waals surface area (Å²) in [7, 11) is 0. The van der Waals surface area contributed by atoms with Gasteiger partial charge in [0, 0.05) is 23.9 Å². The smallest absolute Gasteiger partial charge is 0.310 e. The Morgan fingerprint density at radius 2 is 2.50 bits per heavy atom. The van der Waals surface area contributed by atoms with Crippen LogP contribution in [0.3, 0.4) is 0 Å². The van der Waals surface area contributed by atoms with Gasteiger partial charge in [0.05, 0.1) is 5.92 Å². The van der Waals surface area contributed by atoms with Crippen molar-refractivity contribution in [2.45, 2.75) is 19.8 Å². The summed E-state index contributed by atoms with van der Waals surface area (Å²) in [5, 5.41) is 3.36. The van der Waals surface area contributed by atoms with Crippen molar-refractivity contribution >= 4 is 17.7 Å². The standard InChI is InChI=1S/C14H21NO2S/c1-2-18-8-7-17-14(16)12-9-11-5-3-4-6-13(11)15-10-12/h3-4,6,11-12,15H,2,5,7-10H2,1H3. The molecule has 2 atom stereocenters. The van der Waals surface area contributed by atoms with Crippen molar-refractivity contribution < 1.29 is 9.53 Å². The van der Waals surface area contributed by atoms with Crippen molar-refractivity contribution in [2.24, 2.45) is 11.8 Å². The molecule has 100 valence electrons. The first-order chi connectivity index (χ1) is 8.81. The van der Waals surface area contributed by atoms with E-state index in [0.717, 1.165) is 30.9 Å². The van der Waals surface area contributed by atoms with E-state index in [9.17, 15) is 4.79 Å². The summed E-state index contributed by atoms with van der Waals surface area (Å²) in [5.74, 6) is 2.44. The van der Waals surface area contributed by atoms with E-state index < -0.39 is 0 Å². The third-order valence-corrected chi connectivity index (χ3v) is 4.27. The second kappa shape index (κ2) is 6.88. The van der Waals surface area contributed by atoms with Gasteiger partial charge in [0.25, 0.3) is 0 Å². The maximum atomic E-state index is 11.9. The fraction of sp³-hybridized carbons (Fsp3) is 0.643. The number of hydrogen-bond acceptors (Lipinski definition) is 4. The lowest BCUT2D eigenvalue weighted by molar-refractivity contribution is -0.148. The molecule has 0 aromatic heterocycles. The molecule has 0 radical (unpaired) electrons. The molecule has 4 heteroatoms. The quantitative estimate of drug-likeness (QED) is 0.613. The summed E-state index contributed by atoms with van der Waals surface area (Å²) >= 11 is 1.80. The van der Waals surface area contributed by atoms with Gasteiger partial charge >= 0.3 is 5.97 Å². The Balaban J connectivity index is 1.75. The van der Waals surface area contributed by atoms with Crippen LogP contribution in [0.5, 0.6) is 0 Å². The average Bonchev–Trinajstić information content (AvgIpc) is 2.43. The SMILES string of the molecule is CCSCCOC(=O)C1CNC2=CC=CCC2C1. The van der Waals surface area contributed by atoms with E-state index in [2.05, 4.69) is 30.5 Å². The lowest BCUT2D eigenvalue weighted by atomic mass is 9.83. The number of fused-ring (bicyclic) bond motifs is 1. The van der Waals surface area contributed by atoms with Crippen molar-refractivity contribution in [1.82, 2.24) is 5.32 Å². The molecule has 1 N–H and O–H groups in total. The van der Waals surface area contributed by atoms with Crippen molar-refractivity contribution in [3.05, 3.63) is 23.9 Å². The van der Waals surface area contributed by atoms with Crippen LogP contribution >= 0.6 is 11.8 Å². The van der Waals surface area contributed by atoms with E-state index in [1.807, 2.05) is 0 Å². The minimum Gasteiger partial charge on any atom is -0.465 e. The molecule has 0 amide bonds. The molecular formula is C14H21NO2S. The van der Waals surface area contributed by atoms with E-state index in [1.54, 1.807) is 11.8 Å². The predicted molar refractivity (Wildman–Crippen MR) is 75.4 cm³/mol. The summed E-state index contributed by atoms with van der Waals surface area (Å²) in [6, 6.07) is 0. The van der Waals surface area contributed by atoms with Crippen molar-refractivity contribution in [3.63, 3.8) is 0 Å². The summed E-state index contributed by atoms with van der Waals surface area (Å²) in [5.41, 5.74) is 1.28. The Morgan fingerprint density at radius 3 is 3.33 bits per heavy atom. The van der Waals surface area contributed by atoms with Crippen molar-refractivity contribution in [1.29, 1.82) is 0 Å². The van der Waals surface area contributed by atoms with Gasteiger partial charge in [0.15, 0.2) is 0 Å². The molecule has 18 heavy (non-hydrogen) atoms. The molecule has 2 unspecified atom stereocenters.